The van der Waals surface area contributed by atoms with Gasteiger partial charge in [0.1, 0.15) is 0 Å². The average molecular weight is 261 g/mol. The van der Waals surface area contributed by atoms with Crippen molar-refractivity contribution < 1.29 is 41.7 Å². The molecular formula is H3CdClO3P2. The molecule has 0 aliphatic rings. The zero-order chi connectivity index (χ0) is 4.50. The molecule has 0 bridgehead atoms. The normalized spacial score (nSPS) is 8.43. The molecular weight excluding hydrogens is 258 g/mol. The molecule has 0 aromatic heterocycles. The molecule has 7 heavy (non-hydrogen) atoms. The van der Waals surface area contributed by atoms with E-state index in [0.29, 0.717) is 0 Å². The molecule has 0 spiro atoms. The summed E-state index contributed by atoms with van der Waals surface area (Å²) in [4.78, 5) is 17.7. The van der Waals surface area contributed by atoms with E-state index in [9.17, 15) is 0 Å². The molecule has 1 unspecified atom stereocenters. The van der Waals surface area contributed by atoms with Gasteiger partial charge in [-0.05, 0) is 0 Å². The van der Waals surface area contributed by atoms with E-state index in [4.69, 9.17) is 14.4 Å². The van der Waals surface area contributed by atoms with Crippen molar-refractivity contribution >= 4 is 28.1 Å². The van der Waals surface area contributed by atoms with Crippen molar-refractivity contribution in [1.29, 1.82) is 0 Å². The molecule has 0 heterocycles. The van der Waals surface area contributed by atoms with Gasteiger partial charge in [0.15, 0.2) is 0 Å². The van der Waals surface area contributed by atoms with Crippen LogP contribution in [0.1, 0.15) is 0 Å². The predicted molar refractivity (Wildman–Crippen MR) is 24.6 cm³/mol. The molecule has 3 nitrogen and oxygen atoms in total. The quantitative estimate of drug-likeness (QED) is 0.419. The Balaban J connectivity index is -0.0000000800. The van der Waals surface area contributed by atoms with Crippen LogP contribution < -0.4 is 9.79 Å². The number of rotatable bonds is 0. The minimum Gasteiger partial charge on any atom is -0.799 e. The predicted octanol–water partition coefficient (Wildman–Crippen LogP) is -0.891. The van der Waals surface area contributed by atoms with Crippen molar-refractivity contribution in [2.45, 2.75) is 0 Å². The fourth-order valence-electron chi connectivity index (χ4n) is 0. The van der Waals surface area contributed by atoms with E-state index in [-0.39, 0.29) is 37.2 Å². The molecule has 7 heteroatoms. The van der Waals surface area contributed by atoms with Crippen molar-refractivity contribution in [2.75, 3.05) is 0 Å². The maximum atomic E-state index is 8.87. The van der Waals surface area contributed by atoms with E-state index in [1.54, 1.807) is 0 Å². The first-order valence-electron chi connectivity index (χ1n) is 0.717. The summed E-state index contributed by atoms with van der Waals surface area (Å²) in [5, 5.41) is 0. The molecule has 0 saturated heterocycles. The van der Waals surface area contributed by atoms with Crippen LogP contribution in [0.15, 0.2) is 0 Å². The van der Waals surface area contributed by atoms with Crippen LogP contribution in [0.4, 0.5) is 0 Å². The zero-order valence-corrected chi connectivity index (χ0v) is 10.6. The summed E-state index contributed by atoms with van der Waals surface area (Å²) >= 11 is 3.97. The van der Waals surface area contributed by atoms with Crippen molar-refractivity contribution in [3.8, 4) is 0 Å². The first-order valence-corrected chi connectivity index (χ1v) is 3.16. The summed E-state index contributed by atoms with van der Waals surface area (Å²) in [7, 11) is 0. The molecule has 0 rings (SSSR count). The monoisotopic (exact) mass is 262 g/mol. The van der Waals surface area contributed by atoms with Crippen LogP contribution in [0, 0.1) is 0 Å². The van der Waals surface area contributed by atoms with Crippen LogP contribution in [-0.2, 0) is 31.9 Å². The van der Waals surface area contributed by atoms with Gasteiger partial charge < -0.3 is 14.4 Å². The van der Waals surface area contributed by atoms with Crippen molar-refractivity contribution in [3.63, 3.8) is 0 Å². The molecule has 40 valence electrons. The second-order valence-corrected chi connectivity index (χ2v) is 2.53. The van der Waals surface area contributed by atoms with Gasteiger partial charge in [0.25, 0.3) is 0 Å². The summed E-state index contributed by atoms with van der Waals surface area (Å²) in [5.41, 5.74) is 0. The fraction of sp³-hybridized carbons (Fsp3) is 0. The van der Waals surface area contributed by atoms with Crippen molar-refractivity contribution in [1.82, 2.24) is 0 Å². The van der Waals surface area contributed by atoms with Gasteiger partial charge >= 0.3 is 27.3 Å². The molecule has 0 N–H and O–H groups in total. The molecule has 0 fully saturated rings. The topological polar surface area (TPSA) is 63.2 Å². The maximum Gasteiger partial charge on any atom is 2.00 e. The molecule has 0 saturated carbocycles. The average Bonchev–Trinajstić information content (AvgIpc) is 0.722. The SMILES string of the molecule is O=P([O-])([O-])Cl.P.[Cd+2]. The Morgan fingerprint density at radius 1 is 1.43 bits per heavy atom. The van der Waals surface area contributed by atoms with Gasteiger partial charge in [0.2, 0.25) is 0 Å². The summed E-state index contributed by atoms with van der Waals surface area (Å²) in [5.74, 6) is 0. The van der Waals surface area contributed by atoms with Crippen LogP contribution in [0.5, 0.6) is 0 Å². The van der Waals surface area contributed by atoms with Gasteiger partial charge in [0, 0.05) is 6.95 Å². The summed E-state index contributed by atoms with van der Waals surface area (Å²) in [6.45, 7) is -4.67. The first-order chi connectivity index (χ1) is 2.00. The van der Waals surface area contributed by atoms with Crippen molar-refractivity contribution in [2.24, 2.45) is 0 Å². The van der Waals surface area contributed by atoms with Crippen LogP contribution in [-0.4, -0.2) is 0 Å². The Labute approximate surface area is 69.6 Å². The van der Waals surface area contributed by atoms with E-state index in [1.807, 2.05) is 0 Å². The minimum absolute atomic E-state index is 0. The minimum atomic E-state index is -4.67. The number of halogens is 1. The second-order valence-electron chi connectivity index (χ2n) is 0.431. The maximum absolute atomic E-state index is 8.87. The molecule has 0 aliphatic carbocycles. The molecule has 0 radical (unpaired) electrons. The Kier molecular flexibility index (Phi) is 13.5. The first kappa shape index (κ1) is 15.9. The largest absolute Gasteiger partial charge is 2.00 e. The number of hydrogen-bond acceptors (Lipinski definition) is 3. The Morgan fingerprint density at radius 3 is 1.43 bits per heavy atom. The standard InChI is InChI=1S/Cd.ClH2O3P.H3P/c;1-5(2,3)4;/h;(H2,2,3,4);1H3/q+2;;/p-2. The van der Waals surface area contributed by atoms with Gasteiger partial charge in [-0.1, -0.05) is 11.2 Å². The van der Waals surface area contributed by atoms with Gasteiger partial charge in [-0.15, -0.1) is 0 Å². The van der Waals surface area contributed by atoms with E-state index in [1.165, 1.54) is 0 Å². The van der Waals surface area contributed by atoms with Crippen molar-refractivity contribution in [3.05, 3.63) is 0 Å². The smallest absolute Gasteiger partial charge is 0.799 e. The van der Waals surface area contributed by atoms with E-state index >= 15 is 0 Å². The third-order valence-corrected chi connectivity index (χ3v) is 0. The van der Waals surface area contributed by atoms with E-state index in [0.717, 1.165) is 0 Å². The van der Waals surface area contributed by atoms with Crippen LogP contribution in [0.25, 0.3) is 0 Å². The zero-order valence-electron chi connectivity index (χ0n) is 3.46. The van der Waals surface area contributed by atoms with Crippen LogP contribution in [0.3, 0.4) is 0 Å². The summed E-state index contributed by atoms with van der Waals surface area (Å²) < 4.78 is 8.87. The molecule has 1 atom stereocenters. The van der Waals surface area contributed by atoms with Crippen LogP contribution >= 0.6 is 28.1 Å². The Bertz CT molecular complexity index is 59.1. The number of hydrogen-bond donors (Lipinski definition) is 0. The third-order valence-electron chi connectivity index (χ3n) is 0. The van der Waals surface area contributed by atoms with Gasteiger partial charge in [-0.3, -0.25) is 0 Å². The summed E-state index contributed by atoms with van der Waals surface area (Å²) in [6, 6.07) is 0. The summed E-state index contributed by atoms with van der Waals surface area (Å²) in [6.07, 6.45) is 0. The van der Waals surface area contributed by atoms with E-state index in [2.05, 4.69) is 11.2 Å². The molecule has 0 aliphatic heterocycles. The van der Waals surface area contributed by atoms with Crippen LogP contribution in [0.2, 0.25) is 0 Å². The third kappa shape index (κ3) is 81.4. The van der Waals surface area contributed by atoms with Gasteiger partial charge in [0.05, 0.1) is 0 Å². The van der Waals surface area contributed by atoms with Gasteiger partial charge in [-0.25, -0.2) is 0 Å². The molecule has 0 aromatic rings. The van der Waals surface area contributed by atoms with Gasteiger partial charge in [-0.2, -0.15) is 9.90 Å². The second kappa shape index (κ2) is 5.92. The Hall–Kier alpha value is 1.79. The molecule has 0 aromatic carbocycles. The van der Waals surface area contributed by atoms with E-state index < -0.39 is 6.95 Å². The Morgan fingerprint density at radius 2 is 1.43 bits per heavy atom. The fourth-order valence-corrected chi connectivity index (χ4v) is 0. The molecule has 0 amide bonds.